The first-order valence-electron chi connectivity index (χ1n) is 10.3. The second-order valence-corrected chi connectivity index (χ2v) is 7.51. The molecule has 11 nitrogen and oxygen atoms in total. The number of anilines is 1. The monoisotopic (exact) mass is 473 g/mol. The predicted molar refractivity (Wildman–Crippen MR) is 130 cm³/mol. The number of non-ortho nitro benzene ring substituents is 1. The number of nitro groups is 2. The summed E-state index contributed by atoms with van der Waals surface area (Å²) >= 11 is 0. The van der Waals surface area contributed by atoms with Crippen LogP contribution >= 0.6 is 0 Å². The zero-order valence-corrected chi connectivity index (χ0v) is 18.5. The molecule has 0 radical (unpaired) electrons. The number of benzene rings is 3. The van der Waals surface area contributed by atoms with E-state index < -0.39 is 21.5 Å². The summed E-state index contributed by atoms with van der Waals surface area (Å²) < 4.78 is 6.79. The summed E-state index contributed by atoms with van der Waals surface area (Å²) in [6.45, 7) is 0.487. The average Bonchev–Trinajstić information content (AvgIpc) is 3.20. The van der Waals surface area contributed by atoms with Gasteiger partial charge < -0.3 is 9.30 Å². The van der Waals surface area contributed by atoms with Gasteiger partial charge in [0.2, 0.25) is 0 Å². The van der Waals surface area contributed by atoms with Crippen LogP contribution in [-0.2, 0) is 11.3 Å². The Morgan fingerprint density at radius 3 is 2.60 bits per heavy atom. The van der Waals surface area contributed by atoms with Crippen molar-refractivity contribution in [2.45, 2.75) is 6.54 Å². The van der Waals surface area contributed by atoms with Gasteiger partial charge >= 0.3 is 11.7 Å². The molecule has 0 unspecified atom stereocenters. The van der Waals surface area contributed by atoms with Crippen molar-refractivity contribution < 1.29 is 19.4 Å². The minimum Gasteiger partial charge on any atom is -0.465 e. The molecule has 0 spiro atoms. The third kappa shape index (κ3) is 4.98. The molecule has 0 saturated carbocycles. The molecule has 0 aliphatic heterocycles. The number of hydrogen-bond donors (Lipinski definition) is 1. The van der Waals surface area contributed by atoms with Gasteiger partial charge in [0, 0.05) is 35.3 Å². The second-order valence-electron chi connectivity index (χ2n) is 7.51. The van der Waals surface area contributed by atoms with Gasteiger partial charge in [0.1, 0.15) is 5.69 Å². The number of hydrazone groups is 1. The predicted octanol–water partition coefficient (Wildman–Crippen LogP) is 4.74. The molecule has 4 rings (SSSR count). The topological polar surface area (TPSA) is 142 Å². The van der Waals surface area contributed by atoms with E-state index in [1.807, 2.05) is 41.1 Å². The molecule has 4 aromatic rings. The number of methoxy groups -OCH3 is 1. The van der Waals surface area contributed by atoms with Gasteiger partial charge in [-0.3, -0.25) is 25.7 Å². The van der Waals surface area contributed by atoms with E-state index >= 15 is 0 Å². The van der Waals surface area contributed by atoms with Crippen LogP contribution in [0.5, 0.6) is 0 Å². The Kier molecular flexibility index (Phi) is 6.49. The minimum absolute atomic E-state index is 0.0280. The molecule has 0 atom stereocenters. The Hall–Kier alpha value is -5.06. The number of nitrogens with zero attached hydrogens (tertiary/aromatic N) is 4. The lowest BCUT2D eigenvalue weighted by molar-refractivity contribution is -0.393. The molecule has 11 heteroatoms. The van der Waals surface area contributed by atoms with Crippen molar-refractivity contribution in [2.24, 2.45) is 5.10 Å². The van der Waals surface area contributed by atoms with E-state index in [-0.39, 0.29) is 11.4 Å². The number of aromatic nitrogens is 1. The molecule has 0 bridgehead atoms. The molecular formula is C24H19N5O6. The summed E-state index contributed by atoms with van der Waals surface area (Å²) in [7, 11) is 1.33. The maximum Gasteiger partial charge on any atom is 0.337 e. The molecule has 3 aromatic carbocycles. The summed E-state index contributed by atoms with van der Waals surface area (Å²) in [4.78, 5) is 32.7. The van der Waals surface area contributed by atoms with Crippen LogP contribution in [0.2, 0.25) is 0 Å². The van der Waals surface area contributed by atoms with Crippen molar-refractivity contribution in [1.82, 2.24) is 4.57 Å². The smallest absolute Gasteiger partial charge is 0.337 e. The van der Waals surface area contributed by atoms with Crippen LogP contribution in [0, 0.1) is 20.2 Å². The largest absolute Gasteiger partial charge is 0.465 e. The number of para-hydroxylation sites is 1. The van der Waals surface area contributed by atoms with E-state index in [1.54, 1.807) is 18.2 Å². The van der Waals surface area contributed by atoms with Crippen LogP contribution in [0.1, 0.15) is 21.5 Å². The lowest BCUT2D eigenvalue weighted by Crippen LogP contribution is -2.03. The highest BCUT2D eigenvalue weighted by molar-refractivity contribution is 5.99. The lowest BCUT2D eigenvalue weighted by Gasteiger charge is -2.07. The Morgan fingerprint density at radius 1 is 1.06 bits per heavy atom. The van der Waals surface area contributed by atoms with E-state index in [0.29, 0.717) is 12.1 Å². The Balaban J connectivity index is 1.62. The van der Waals surface area contributed by atoms with Gasteiger partial charge in [0.05, 0.1) is 34.8 Å². The van der Waals surface area contributed by atoms with E-state index in [4.69, 9.17) is 4.74 Å². The van der Waals surface area contributed by atoms with Crippen LogP contribution in [0.25, 0.3) is 10.9 Å². The van der Waals surface area contributed by atoms with E-state index in [0.717, 1.165) is 28.1 Å². The van der Waals surface area contributed by atoms with E-state index in [2.05, 4.69) is 10.5 Å². The van der Waals surface area contributed by atoms with Crippen LogP contribution in [0.15, 0.2) is 78.0 Å². The highest BCUT2D eigenvalue weighted by Crippen LogP contribution is 2.29. The number of ether oxygens (including phenoxy) is 1. The van der Waals surface area contributed by atoms with Crippen molar-refractivity contribution in [3.8, 4) is 0 Å². The fourth-order valence-electron chi connectivity index (χ4n) is 3.67. The van der Waals surface area contributed by atoms with Crippen molar-refractivity contribution in [3.05, 3.63) is 110 Å². The lowest BCUT2D eigenvalue weighted by atomic mass is 10.1. The third-order valence-corrected chi connectivity index (χ3v) is 5.30. The number of esters is 1. The summed E-state index contributed by atoms with van der Waals surface area (Å²) in [6.07, 6.45) is 3.40. The molecule has 1 heterocycles. The van der Waals surface area contributed by atoms with Crippen LogP contribution in [-0.4, -0.2) is 33.7 Å². The SMILES string of the molecule is COC(=O)c1cccc(Cn2cc(/C=N\Nc3ccc([N+](=O)[O-])cc3[N+](=O)[O-])c3ccccc32)c1. The molecule has 0 aliphatic rings. The fraction of sp³-hybridized carbons (Fsp3) is 0.0833. The van der Waals surface area contributed by atoms with Gasteiger partial charge in [-0.25, -0.2) is 4.79 Å². The number of hydrogen-bond acceptors (Lipinski definition) is 8. The molecule has 1 N–H and O–H groups in total. The van der Waals surface area contributed by atoms with Crippen molar-refractivity contribution in [3.63, 3.8) is 0 Å². The maximum atomic E-state index is 11.9. The van der Waals surface area contributed by atoms with Crippen molar-refractivity contribution >= 4 is 40.1 Å². The molecule has 0 saturated heterocycles. The maximum absolute atomic E-state index is 11.9. The highest BCUT2D eigenvalue weighted by atomic mass is 16.6. The summed E-state index contributed by atoms with van der Waals surface area (Å²) in [6, 6.07) is 18.1. The van der Waals surface area contributed by atoms with Crippen LogP contribution in [0.3, 0.4) is 0 Å². The van der Waals surface area contributed by atoms with Crippen molar-refractivity contribution in [1.29, 1.82) is 0 Å². The number of rotatable bonds is 8. The van der Waals surface area contributed by atoms with Gasteiger partial charge in [0.15, 0.2) is 0 Å². The van der Waals surface area contributed by atoms with Gasteiger partial charge in [-0.05, 0) is 29.8 Å². The van der Waals surface area contributed by atoms with Gasteiger partial charge in [-0.15, -0.1) is 0 Å². The first-order chi connectivity index (χ1) is 16.9. The molecule has 0 aliphatic carbocycles. The zero-order chi connectivity index (χ0) is 24.9. The number of fused-ring (bicyclic) bond motifs is 1. The third-order valence-electron chi connectivity index (χ3n) is 5.30. The van der Waals surface area contributed by atoms with Crippen LogP contribution in [0.4, 0.5) is 17.1 Å². The summed E-state index contributed by atoms with van der Waals surface area (Å²) in [5.41, 5.74) is 4.83. The highest BCUT2D eigenvalue weighted by Gasteiger charge is 2.19. The van der Waals surface area contributed by atoms with Gasteiger partial charge in [-0.1, -0.05) is 30.3 Å². The summed E-state index contributed by atoms with van der Waals surface area (Å²) in [5.74, 6) is -0.413. The standard InChI is InChI=1S/C24H19N5O6/c1-35-24(30)17-6-4-5-16(11-17)14-27-15-18(20-7-2-3-8-22(20)27)13-25-26-21-10-9-19(28(31)32)12-23(21)29(33)34/h2-13,15,26H,14H2,1H3/b25-13-. The first-order valence-corrected chi connectivity index (χ1v) is 10.3. The first kappa shape index (κ1) is 23.1. The zero-order valence-electron chi connectivity index (χ0n) is 18.5. The quantitative estimate of drug-likeness (QED) is 0.169. The molecule has 1 aromatic heterocycles. The minimum atomic E-state index is -0.709. The molecule has 35 heavy (non-hydrogen) atoms. The van der Waals surface area contributed by atoms with Crippen LogP contribution < -0.4 is 5.43 Å². The molecule has 0 fully saturated rings. The molecular weight excluding hydrogens is 454 g/mol. The number of nitro benzene ring substituents is 2. The Bertz CT molecular complexity index is 1480. The second kappa shape index (κ2) is 9.83. The van der Waals surface area contributed by atoms with E-state index in [1.165, 1.54) is 25.5 Å². The Labute approximate surface area is 198 Å². The Morgan fingerprint density at radius 2 is 1.86 bits per heavy atom. The van der Waals surface area contributed by atoms with Crippen molar-refractivity contribution in [2.75, 3.05) is 12.5 Å². The van der Waals surface area contributed by atoms with E-state index in [9.17, 15) is 25.0 Å². The van der Waals surface area contributed by atoms with Gasteiger partial charge in [0.25, 0.3) is 5.69 Å². The van der Waals surface area contributed by atoms with Gasteiger partial charge in [-0.2, -0.15) is 5.10 Å². The fourth-order valence-corrected chi connectivity index (χ4v) is 3.67. The molecule has 176 valence electrons. The normalized spacial score (nSPS) is 11.0. The number of carbonyl (C=O) groups excluding carboxylic acids is 1. The number of nitrogens with one attached hydrogen (secondary N) is 1. The summed E-state index contributed by atoms with van der Waals surface area (Å²) in [5, 5.41) is 27.3. The number of carbonyl (C=O) groups is 1. The molecule has 0 amide bonds. The average molecular weight is 473 g/mol.